The largest absolute Gasteiger partial charge is 0.493 e. The second-order valence-corrected chi connectivity index (χ2v) is 3.03. The summed E-state index contributed by atoms with van der Waals surface area (Å²) < 4.78 is 18.3. The lowest BCUT2D eigenvalue weighted by Gasteiger charge is -2.05. The number of rotatable bonds is 5. The molecule has 1 aromatic rings. The van der Waals surface area contributed by atoms with E-state index in [-0.39, 0.29) is 12.2 Å². The van der Waals surface area contributed by atoms with Crippen molar-refractivity contribution in [3.8, 4) is 11.8 Å². The Morgan fingerprint density at radius 1 is 1.40 bits per heavy atom. The van der Waals surface area contributed by atoms with Crippen LogP contribution in [-0.4, -0.2) is 18.3 Å². The topological polar surface area (TPSA) is 53.2 Å². The van der Waals surface area contributed by atoms with E-state index < -0.39 is 5.82 Å². The molecule has 1 rings (SSSR count). The summed E-state index contributed by atoms with van der Waals surface area (Å²) in [4.78, 5) is 0. The number of hydrogen-bond acceptors (Lipinski definition) is 3. The molecule has 0 aromatic heterocycles. The second-order valence-electron chi connectivity index (χ2n) is 3.03. The van der Waals surface area contributed by atoms with E-state index in [9.17, 15) is 4.39 Å². The van der Waals surface area contributed by atoms with Gasteiger partial charge in [0.15, 0.2) is 0 Å². The maximum absolute atomic E-state index is 13.1. The summed E-state index contributed by atoms with van der Waals surface area (Å²) in [6, 6.07) is 5.87. The zero-order valence-electron chi connectivity index (χ0n) is 8.24. The Kier molecular flexibility index (Phi) is 4.58. The van der Waals surface area contributed by atoms with E-state index in [0.29, 0.717) is 18.8 Å². The van der Waals surface area contributed by atoms with E-state index in [4.69, 9.17) is 15.1 Å². The summed E-state index contributed by atoms with van der Waals surface area (Å²) in [6.07, 6.45) is 1.39. The van der Waals surface area contributed by atoms with Crippen molar-refractivity contribution < 1.29 is 14.2 Å². The SMILES string of the molecule is N#Cc1ccc(OCCCCO)cc1F. The minimum atomic E-state index is -0.572. The van der Waals surface area contributed by atoms with Crippen LogP contribution in [0.4, 0.5) is 4.39 Å². The van der Waals surface area contributed by atoms with Gasteiger partial charge in [-0.25, -0.2) is 4.39 Å². The number of unbranched alkanes of at least 4 members (excludes halogenated alkanes) is 1. The van der Waals surface area contributed by atoms with Gasteiger partial charge in [0.1, 0.15) is 17.6 Å². The highest BCUT2D eigenvalue weighted by Gasteiger charge is 2.02. The molecule has 0 saturated heterocycles. The Balaban J connectivity index is 2.49. The van der Waals surface area contributed by atoms with Crippen LogP contribution in [0.3, 0.4) is 0 Å². The minimum absolute atomic E-state index is 0.0118. The smallest absolute Gasteiger partial charge is 0.144 e. The maximum atomic E-state index is 13.1. The normalized spacial score (nSPS) is 9.67. The Morgan fingerprint density at radius 3 is 2.80 bits per heavy atom. The molecular formula is C11H12FNO2. The third-order valence-corrected chi connectivity index (χ3v) is 1.88. The van der Waals surface area contributed by atoms with Gasteiger partial charge in [0.05, 0.1) is 12.2 Å². The fraction of sp³-hybridized carbons (Fsp3) is 0.364. The predicted octanol–water partition coefficient (Wildman–Crippen LogP) is 1.85. The van der Waals surface area contributed by atoms with Gasteiger partial charge in [-0.2, -0.15) is 5.26 Å². The van der Waals surface area contributed by atoms with Gasteiger partial charge >= 0.3 is 0 Å². The molecule has 15 heavy (non-hydrogen) atoms. The zero-order valence-corrected chi connectivity index (χ0v) is 8.24. The summed E-state index contributed by atoms with van der Waals surface area (Å²) in [6.45, 7) is 0.566. The van der Waals surface area contributed by atoms with Crippen molar-refractivity contribution >= 4 is 0 Å². The Morgan fingerprint density at radius 2 is 2.20 bits per heavy atom. The quantitative estimate of drug-likeness (QED) is 0.753. The first kappa shape index (κ1) is 11.5. The molecule has 0 aliphatic rings. The molecule has 0 heterocycles. The van der Waals surface area contributed by atoms with E-state index in [2.05, 4.69) is 0 Å². The summed E-state index contributed by atoms with van der Waals surface area (Å²) in [7, 11) is 0. The zero-order chi connectivity index (χ0) is 11.1. The highest BCUT2D eigenvalue weighted by atomic mass is 19.1. The molecule has 0 aliphatic heterocycles. The molecule has 1 N–H and O–H groups in total. The molecular weight excluding hydrogens is 197 g/mol. The highest BCUT2D eigenvalue weighted by molar-refractivity contribution is 5.36. The van der Waals surface area contributed by atoms with Gasteiger partial charge in [-0.15, -0.1) is 0 Å². The number of aliphatic hydroxyl groups excluding tert-OH is 1. The lowest BCUT2D eigenvalue weighted by molar-refractivity contribution is 0.252. The van der Waals surface area contributed by atoms with Crippen LogP contribution in [0.5, 0.6) is 5.75 Å². The van der Waals surface area contributed by atoms with Gasteiger partial charge in [-0.1, -0.05) is 0 Å². The van der Waals surface area contributed by atoms with E-state index in [1.165, 1.54) is 12.1 Å². The second kappa shape index (κ2) is 5.99. The van der Waals surface area contributed by atoms with Gasteiger partial charge in [0, 0.05) is 12.7 Å². The molecule has 3 nitrogen and oxygen atoms in total. The van der Waals surface area contributed by atoms with Crippen LogP contribution in [0, 0.1) is 17.1 Å². The average molecular weight is 209 g/mol. The summed E-state index contributed by atoms with van der Waals surface area (Å²) in [5.74, 6) is -0.165. The lowest BCUT2D eigenvalue weighted by Crippen LogP contribution is -1.99. The Hall–Kier alpha value is -1.60. The molecule has 0 fully saturated rings. The third-order valence-electron chi connectivity index (χ3n) is 1.88. The molecule has 0 saturated carbocycles. The van der Waals surface area contributed by atoms with Gasteiger partial charge in [0.25, 0.3) is 0 Å². The molecule has 0 amide bonds. The fourth-order valence-corrected chi connectivity index (χ4v) is 1.08. The van der Waals surface area contributed by atoms with Crippen molar-refractivity contribution in [3.05, 3.63) is 29.6 Å². The molecule has 0 spiro atoms. The highest BCUT2D eigenvalue weighted by Crippen LogP contribution is 2.16. The lowest BCUT2D eigenvalue weighted by atomic mass is 10.2. The van der Waals surface area contributed by atoms with Crippen LogP contribution in [0.15, 0.2) is 18.2 Å². The first-order chi connectivity index (χ1) is 7.27. The van der Waals surface area contributed by atoms with Crippen molar-refractivity contribution in [1.29, 1.82) is 5.26 Å². The summed E-state index contributed by atoms with van der Waals surface area (Å²) in [5.41, 5.74) is 0.0118. The minimum Gasteiger partial charge on any atom is -0.493 e. The van der Waals surface area contributed by atoms with E-state index in [0.717, 1.165) is 6.42 Å². The van der Waals surface area contributed by atoms with Crippen molar-refractivity contribution in [3.63, 3.8) is 0 Å². The number of benzene rings is 1. The van der Waals surface area contributed by atoms with Gasteiger partial charge in [-0.3, -0.25) is 0 Å². The first-order valence-corrected chi connectivity index (χ1v) is 4.71. The molecule has 0 radical (unpaired) electrons. The number of hydrogen-bond donors (Lipinski definition) is 1. The molecule has 0 aliphatic carbocycles. The van der Waals surface area contributed by atoms with Crippen LogP contribution in [0.2, 0.25) is 0 Å². The summed E-state index contributed by atoms with van der Waals surface area (Å²) in [5, 5.41) is 17.0. The number of aliphatic hydroxyl groups is 1. The molecule has 4 heteroatoms. The predicted molar refractivity (Wildman–Crippen MR) is 52.9 cm³/mol. The molecule has 80 valence electrons. The number of nitriles is 1. The van der Waals surface area contributed by atoms with Crippen LogP contribution >= 0.6 is 0 Å². The van der Waals surface area contributed by atoms with Crippen LogP contribution in [-0.2, 0) is 0 Å². The van der Waals surface area contributed by atoms with Crippen LogP contribution in [0.25, 0.3) is 0 Å². The molecule has 0 bridgehead atoms. The van der Waals surface area contributed by atoms with E-state index in [1.807, 2.05) is 0 Å². The van der Waals surface area contributed by atoms with Crippen LogP contribution < -0.4 is 4.74 Å². The van der Waals surface area contributed by atoms with Gasteiger partial charge < -0.3 is 9.84 Å². The van der Waals surface area contributed by atoms with Crippen molar-refractivity contribution in [2.24, 2.45) is 0 Å². The van der Waals surface area contributed by atoms with E-state index in [1.54, 1.807) is 12.1 Å². The van der Waals surface area contributed by atoms with Crippen LogP contribution in [0.1, 0.15) is 18.4 Å². The number of nitrogens with zero attached hydrogens (tertiary/aromatic N) is 1. The van der Waals surface area contributed by atoms with Crippen molar-refractivity contribution in [2.75, 3.05) is 13.2 Å². The third kappa shape index (κ3) is 3.56. The van der Waals surface area contributed by atoms with Crippen molar-refractivity contribution in [1.82, 2.24) is 0 Å². The number of ether oxygens (including phenoxy) is 1. The monoisotopic (exact) mass is 209 g/mol. The maximum Gasteiger partial charge on any atom is 0.144 e. The number of halogens is 1. The molecule has 1 aromatic carbocycles. The Bertz CT molecular complexity index is 360. The average Bonchev–Trinajstić information content (AvgIpc) is 2.25. The first-order valence-electron chi connectivity index (χ1n) is 4.71. The van der Waals surface area contributed by atoms with E-state index >= 15 is 0 Å². The van der Waals surface area contributed by atoms with Gasteiger partial charge in [0.2, 0.25) is 0 Å². The van der Waals surface area contributed by atoms with Gasteiger partial charge in [-0.05, 0) is 25.0 Å². The molecule has 0 atom stereocenters. The van der Waals surface area contributed by atoms with Crippen molar-refractivity contribution in [2.45, 2.75) is 12.8 Å². The summed E-state index contributed by atoms with van der Waals surface area (Å²) >= 11 is 0. The fourth-order valence-electron chi connectivity index (χ4n) is 1.08. The molecule has 0 unspecified atom stereocenters. The standard InChI is InChI=1S/C11H12FNO2/c12-11-7-10(4-3-9(11)8-13)15-6-2-1-5-14/h3-4,7,14H,1-2,5-6H2. The Labute approximate surface area is 87.7 Å².